The van der Waals surface area contributed by atoms with E-state index in [0.717, 1.165) is 32.9 Å². The molecule has 6 aromatic rings. The van der Waals surface area contributed by atoms with Crippen molar-refractivity contribution in [3.63, 3.8) is 0 Å². The van der Waals surface area contributed by atoms with Gasteiger partial charge in [-0.15, -0.1) is 0 Å². The van der Waals surface area contributed by atoms with Crippen molar-refractivity contribution in [2.24, 2.45) is 0 Å². The number of hydrogen-bond acceptors (Lipinski definition) is 6. The fourth-order valence-electron chi connectivity index (χ4n) is 5.87. The molecule has 0 bridgehead atoms. The summed E-state index contributed by atoms with van der Waals surface area (Å²) in [4.78, 5) is 22.9. The van der Waals surface area contributed by atoms with E-state index < -0.39 is 10.0 Å². The third-order valence-electron chi connectivity index (χ3n) is 8.26. The van der Waals surface area contributed by atoms with Gasteiger partial charge in [0.25, 0.3) is 5.91 Å². The molecule has 1 amide bonds. The first-order chi connectivity index (χ1) is 21.0. The number of fused-ring (bicyclic) bond motifs is 6. The maximum Gasteiger partial charge on any atom is 0.255 e. The average Bonchev–Trinajstić information content (AvgIpc) is 3.59. The van der Waals surface area contributed by atoms with Gasteiger partial charge in [-0.3, -0.25) is 9.10 Å². The average molecular weight is 610 g/mol. The predicted molar refractivity (Wildman–Crippen MR) is 169 cm³/mol. The van der Waals surface area contributed by atoms with Gasteiger partial charge in [0.15, 0.2) is 5.82 Å². The fraction of sp³-hybridized carbons (Fsp3) is 0.182. The molecule has 222 valence electrons. The van der Waals surface area contributed by atoms with Crippen molar-refractivity contribution < 1.29 is 22.0 Å². The van der Waals surface area contributed by atoms with Crippen molar-refractivity contribution in [2.45, 2.75) is 19.9 Å². The van der Waals surface area contributed by atoms with Crippen molar-refractivity contribution in [3.8, 4) is 34.1 Å². The standard InChI is InChI=1S/C33H28FN5O4S/c1-18-8-10-19(11-9-18)31-29(33(40)35-2)23-14-22(26(16-28(23)43-31)38(3)44(4,41)42)32-36-17-20-12-13-39-25-7-5-6-24(34)21(25)15-27(39)30(20)37-32/h5-11,14-17H,12-13H2,1-4H3,(H,35,40). The normalized spacial score (nSPS) is 12.8. The Morgan fingerprint density at radius 3 is 2.59 bits per heavy atom. The van der Waals surface area contributed by atoms with E-state index in [1.165, 1.54) is 13.1 Å². The minimum absolute atomic E-state index is 0.260. The molecular weight excluding hydrogens is 581 g/mol. The number of carbonyl (C=O) groups is 1. The minimum Gasteiger partial charge on any atom is -0.455 e. The number of aryl methyl sites for hydroxylation is 3. The second-order valence-electron chi connectivity index (χ2n) is 11.0. The molecule has 4 heterocycles. The van der Waals surface area contributed by atoms with Gasteiger partial charge in [-0.1, -0.05) is 35.9 Å². The first kappa shape index (κ1) is 27.8. The minimum atomic E-state index is -3.71. The molecule has 0 atom stereocenters. The van der Waals surface area contributed by atoms with Crippen LogP contribution in [0, 0.1) is 12.7 Å². The third kappa shape index (κ3) is 4.34. The molecular formula is C33H28FN5O4S. The number of furan rings is 1. The molecule has 0 saturated heterocycles. The van der Waals surface area contributed by atoms with Gasteiger partial charge in [-0.25, -0.2) is 22.8 Å². The molecule has 3 aromatic heterocycles. The van der Waals surface area contributed by atoms with Crippen molar-refractivity contribution in [1.82, 2.24) is 19.9 Å². The number of hydrogen-bond donors (Lipinski definition) is 1. The smallest absolute Gasteiger partial charge is 0.255 e. The predicted octanol–water partition coefficient (Wildman–Crippen LogP) is 5.94. The van der Waals surface area contributed by atoms with E-state index in [-0.39, 0.29) is 23.2 Å². The number of rotatable bonds is 5. The molecule has 44 heavy (non-hydrogen) atoms. The highest BCUT2D eigenvalue weighted by molar-refractivity contribution is 7.92. The molecule has 1 N–H and O–H groups in total. The highest BCUT2D eigenvalue weighted by atomic mass is 32.2. The molecule has 1 aliphatic rings. The Bertz CT molecular complexity index is 2250. The van der Waals surface area contributed by atoms with Crippen LogP contribution < -0.4 is 9.62 Å². The molecule has 3 aromatic carbocycles. The Hall–Kier alpha value is -5.03. The number of nitrogens with zero attached hydrogens (tertiary/aromatic N) is 4. The summed E-state index contributed by atoms with van der Waals surface area (Å²) in [6.07, 6.45) is 3.49. The highest BCUT2D eigenvalue weighted by Crippen LogP contribution is 2.42. The number of carbonyl (C=O) groups excluding carboxylic acids is 1. The zero-order valence-electron chi connectivity index (χ0n) is 24.5. The summed E-state index contributed by atoms with van der Waals surface area (Å²) in [5, 5.41) is 3.69. The monoisotopic (exact) mass is 609 g/mol. The fourth-order valence-corrected chi connectivity index (χ4v) is 6.38. The molecule has 1 aliphatic heterocycles. The third-order valence-corrected chi connectivity index (χ3v) is 9.45. The molecule has 0 spiro atoms. The van der Waals surface area contributed by atoms with E-state index >= 15 is 0 Å². The molecule has 0 radical (unpaired) electrons. The van der Waals surface area contributed by atoms with Crippen LogP contribution in [0.3, 0.4) is 0 Å². The molecule has 0 unspecified atom stereocenters. The Morgan fingerprint density at radius 1 is 1.09 bits per heavy atom. The Balaban J connectivity index is 1.50. The second kappa shape index (κ2) is 10.0. The Labute approximate surface area is 253 Å². The van der Waals surface area contributed by atoms with Crippen LogP contribution in [0.5, 0.6) is 0 Å². The van der Waals surface area contributed by atoms with Crippen LogP contribution >= 0.6 is 0 Å². The van der Waals surface area contributed by atoms with Gasteiger partial charge < -0.3 is 14.3 Å². The number of nitrogens with one attached hydrogen (secondary N) is 1. The van der Waals surface area contributed by atoms with Gasteiger partial charge in [0.2, 0.25) is 10.0 Å². The van der Waals surface area contributed by atoms with Crippen LogP contribution in [0.1, 0.15) is 21.5 Å². The SMILES string of the molecule is CNC(=O)c1c(-c2ccc(C)cc2)oc2cc(N(C)S(C)(=O)=O)c(-c3ncc4c(n3)-c3cc5c(F)cccc5n3CC4)cc12. The lowest BCUT2D eigenvalue weighted by Crippen LogP contribution is -2.25. The summed E-state index contributed by atoms with van der Waals surface area (Å²) >= 11 is 0. The number of aromatic nitrogens is 3. The largest absolute Gasteiger partial charge is 0.455 e. The van der Waals surface area contributed by atoms with E-state index in [9.17, 15) is 17.6 Å². The first-order valence-corrected chi connectivity index (χ1v) is 15.9. The topological polar surface area (TPSA) is 110 Å². The van der Waals surface area contributed by atoms with Gasteiger partial charge in [-0.2, -0.15) is 0 Å². The summed E-state index contributed by atoms with van der Waals surface area (Å²) < 4.78 is 49.8. The molecule has 0 fully saturated rings. The van der Waals surface area contributed by atoms with Gasteiger partial charge in [0, 0.05) is 60.4 Å². The number of sulfonamides is 1. The van der Waals surface area contributed by atoms with Crippen LogP contribution in [-0.4, -0.2) is 49.2 Å². The number of benzene rings is 3. The quantitative estimate of drug-likeness (QED) is 0.259. The lowest BCUT2D eigenvalue weighted by atomic mass is 10.0. The first-order valence-electron chi connectivity index (χ1n) is 14.0. The molecule has 0 aliphatic carbocycles. The summed E-state index contributed by atoms with van der Waals surface area (Å²) in [5.74, 6) is -0.0418. The van der Waals surface area contributed by atoms with E-state index in [4.69, 9.17) is 9.40 Å². The Kier molecular flexibility index (Phi) is 6.33. The van der Waals surface area contributed by atoms with E-state index in [1.807, 2.05) is 41.8 Å². The molecule has 0 saturated carbocycles. The van der Waals surface area contributed by atoms with E-state index in [2.05, 4.69) is 10.3 Å². The van der Waals surface area contributed by atoms with Gasteiger partial charge in [-0.05, 0) is 37.6 Å². The number of anilines is 1. The zero-order valence-corrected chi connectivity index (χ0v) is 25.3. The van der Waals surface area contributed by atoms with Crippen LogP contribution in [0.2, 0.25) is 0 Å². The van der Waals surface area contributed by atoms with Crippen LogP contribution in [0.4, 0.5) is 10.1 Å². The molecule has 7 rings (SSSR count). The van der Waals surface area contributed by atoms with Gasteiger partial charge in [0.1, 0.15) is 17.2 Å². The Morgan fingerprint density at radius 2 is 1.86 bits per heavy atom. The highest BCUT2D eigenvalue weighted by Gasteiger charge is 2.28. The summed E-state index contributed by atoms with van der Waals surface area (Å²) in [7, 11) is -0.723. The lowest BCUT2D eigenvalue weighted by molar-refractivity contribution is 0.0964. The van der Waals surface area contributed by atoms with E-state index in [1.54, 1.807) is 37.5 Å². The summed E-state index contributed by atoms with van der Waals surface area (Å²) in [6.45, 7) is 2.62. The van der Waals surface area contributed by atoms with Crippen molar-refractivity contribution in [3.05, 3.63) is 89.4 Å². The number of amides is 1. The number of halogens is 1. The zero-order chi connectivity index (χ0) is 30.9. The lowest BCUT2D eigenvalue weighted by Gasteiger charge is -2.22. The van der Waals surface area contributed by atoms with Crippen molar-refractivity contribution >= 4 is 43.5 Å². The maximum atomic E-state index is 14.7. The summed E-state index contributed by atoms with van der Waals surface area (Å²) in [6, 6.07) is 17.7. The van der Waals surface area contributed by atoms with Crippen molar-refractivity contribution in [1.29, 1.82) is 0 Å². The van der Waals surface area contributed by atoms with Crippen LogP contribution in [-0.2, 0) is 23.0 Å². The maximum absolute atomic E-state index is 14.7. The summed E-state index contributed by atoms with van der Waals surface area (Å²) in [5.41, 5.74) is 6.17. The van der Waals surface area contributed by atoms with Gasteiger partial charge >= 0.3 is 0 Å². The van der Waals surface area contributed by atoms with E-state index in [0.29, 0.717) is 57.5 Å². The van der Waals surface area contributed by atoms with Gasteiger partial charge in [0.05, 0.1) is 34.4 Å². The molecule has 9 nitrogen and oxygen atoms in total. The molecule has 11 heteroatoms. The second-order valence-corrected chi connectivity index (χ2v) is 13.0. The van der Waals surface area contributed by atoms with Crippen LogP contribution in [0.15, 0.2) is 71.3 Å². The van der Waals surface area contributed by atoms with Crippen molar-refractivity contribution in [2.75, 3.05) is 24.7 Å². The van der Waals surface area contributed by atoms with Crippen LogP contribution in [0.25, 0.3) is 56.0 Å².